The molecule has 0 aromatic heterocycles. The molecule has 1 N–H and O–H groups in total. The monoisotopic (exact) mass is 424 g/mol. The van der Waals surface area contributed by atoms with E-state index in [1.165, 1.54) is 35.5 Å². The van der Waals surface area contributed by atoms with Gasteiger partial charge in [0.2, 0.25) is 10.0 Å². The molecule has 1 saturated heterocycles. The van der Waals surface area contributed by atoms with Crippen molar-refractivity contribution in [1.82, 2.24) is 4.31 Å². The van der Waals surface area contributed by atoms with E-state index < -0.39 is 26.2 Å². The minimum Gasteiger partial charge on any atom is -0.392 e. The number of para-hydroxylation sites is 1. The Kier molecular flexibility index (Phi) is 6.09. The van der Waals surface area contributed by atoms with Crippen LogP contribution >= 0.6 is 0 Å². The molecule has 0 saturated carbocycles. The van der Waals surface area contributed by atoms with Crippen LogP contribution in [0.5, 0.6) is 0 Å². The van der Waals surface area contributed by atoms with Gasteiger partial charge in [0, 0.05) is 13.1 Å². The van der Waals surface area contributed by atoms with E-state index in [4.69, 9.17) is 0 Å². The predicted octanol–water partition coefficient (Wildman–Crippen LogP) is 2.05. The lowest BCUT2D eigenvalue weighted by atomic mass is 10.3. The van der Waals surface area contributed by atoms with Crippen LogP contribution in [0.3, 0.4) is 0 Å². The van der Waals surface area contributed by atoms with Gasteiger partial charge in [-0.15, -0.1) is 0 Å². The summed E-state index contributed by atoms with van der Waals surface area (Å²) in [7, 11) is -7.57. The van der Waals surface area contributed by atoms with Crippen molar-refractivity contribution < 1.29 is 21.9 Å². The molecule has 3 rings (SSSR count). The molecule has 2 aromatic rings. The van der Waals surface area contributed by atoms with Gasteiger partial charge in [-0.25, -0.2) is 16.8 Å². The van der Waals surface area contributed by atoms with Crippen molar-refractivity contribution in [2.75, 3.05) is 23.9 Å². The third-order valence-electron chi connectivity index (χ3n) is 4.59. The molecule has 1 atom stereocenters. The molecule has 152 valence electrons. The van der Waals surface area contributed by atoms with Crippen molar-refractivity contribution in [3.63, 3.8) is 0 Å². The van der Waals surface area contributed by atoms with Gasteiger partial charge in [-0.05, 0) is 56.2 Å². The van der Waals surface area contributed by atoms with Crippen LogP contribution in [0.4, 0.5) is 5.69 Å². The maximum absolute atomic E-state index is 13.1. The molecule has 9 heteroatoms. The Morgan fingerprint density at radius 2 is 1.46 bits per heavy atom. The first-order valence-corrected chi connectivity index (χ1v) is 12.0. The molecule has 2 aromatic carbocycles. The van der Waals surface area contributed by atoms with E-state index in [1.54, 1.807) is 30.3 Å². The van der Waals surface area contributed by atoms with Crippen LogP contribution in [0.2, 0.25) is 0 Å². The van der Waals surface area contributed by atoms with E-state index in [0.29, 0.717) is 18.8 Å². The van der Waals surface area contributed by atoms with Crippen molar-refractivity contribution in [2.45, 2.75) is 35.7 Å². The minimum absolute atomic E-state index is 0.0302. The lowest BCUT2D eigenvalue weighted by Crippen LogP contribution is -2.36. The van der Waals surface area contributed by atoms with Gasteiger partial charge in [0.1, 0.15) is 0 Å². The maximum Gasteiger partial charge on any atom is 0.264 e. The molecule has 0 bridgehead atoms. The molecular weight excluding hydrogens is 400 g/mol. The minimum atomic E-state index is -3.97. The number of rotatable bonds is 7. The standard InChI is InChI=1S/C19H24N2O5S2/c1-16(22)15-21(17-7-3-2-4-8-17)28(25,26)19-11-9-18(10-12-19)27(23,24)20-13-5-6-14-20/h2-4,7-12,16,22H,5-6,13-15H2,1H3. The van der Waals surface area contributed by atoms with E-state index in [-0.39, 0.29) is 16.3 Å². The van der Waals surface area contributed by atoms with E-state index in [0.717, 1.165) is 17.1 Å². The third-order valence-corrected chi connectivity index (χ3v) is 8.31. The highest BCUT2D eigenvalue weighted by Crippen LogP contribution is 2.26. The Balaban J connectivity index is 1.94. The van der Waals surface area contributed by atoms with Gasteiger partial charge in [0.15, 0.2) is 0 Å². The Labute approximate surface area is 166 Å². The fourth-order valence-corrected chi connectivity index (χ4v) is 6.23. The highest BCUT2D eigenvalue weighted by molar-refractivity contribution is 7.92. The average molecular weight is 425 g/mol. The quantitative estimate of drug-likeness (QED) is 0.734. The van der Waals surface area contributed by atoms with Crippen LogP contribution in [-0.2, 0) is 20.0 Å². The van der Waals surface area contributed by atoms with Crippen molar-refractivity contribution >= 4 is 25.7 Å². The van der Waals surface area contributed by atoms with Gasteiger partial charge >= 0.3 is 0 Å². The summed E-state index contributed by atoms with van der Waals surface area (Å²) in [6, 6.07) is 13.7. The van der Waals surface area contributed by atoms with Crippen LogP contribution < -0.4 is 4.31 Å². The highest BCUT2D eigenvalue weighted by Gasteiger charge is 2.29. The molecule has 1 unspecified atom stereocenters. The zero-order valence-electron chi connectivity index (χ0n) is 15.6. The molecule has 1 fully saturated rings. The second-order valence-corrected chi connectivity index (χ2v) is 10.6. The van der Waals surface area contributed by atoms with E-state index in [9.17, 15) is 21.9 Å². The van der Waals surface area contributed by atoms with Crippen LogP contribution in [0.25, 0.3) is 0 Å². The third kappa shape index (κ3) is 4.22. The molecule has 1 aliphatic rings. The van der Waals surface area contributed by atoms with E-state index >= 15 is 0 Å². The predicted molar refractivity (Wildman–Crippen MR) is 107 cm³/mol. The molecule has 0 amide bonds. The van der Waals surface area contributed by atoms with Crippen LogP contribution in [-0.4, -0.2) is 52.0 Å². The van der Waals surface area contributed by atoms with Gasteiger partial charge in [-0.1, -0.05) is 18.2 Å². The zero-order valence-corrected chi connectivity index (χ0v) is 17.2. The lowest BCUT2D eigenvalue weighted by Gasteiger charge is -2.26. The number of sulfonamides is 2. The summed E-state index contributed by atoms with van der Waals surface area (Å²) in [4.78, 5) is 0.0486. The van der Waals surface area contributed by atoms with E-state index in [2.05, 4.69) is 0 Å². The second kappa shape index (κ2) is 8.20. The first kappa shape index (κ1) is 20.8. The van der Waals surface area contributed by atoms with Crippen molar-refractivity contribution in [1.29, 1.82) is 0 Å². The normalized spacial score (nSPS) is 16.8. The fraction of sp³-hybridized carbons (Fsp3) is 0.368. The molecule has 0 aliphatic carbocycles. The Bertz CT molecular complexity index is 998. The van der Waals surface area contributed by atoms with Gasteiger partial charge in [0.05, 0.1) is 28.1 Å². The Morgan fingerprint density at radius 3 is 2.00 bits per heavy atom. The summed E-state index contributed by atoms with van der Waals surface area (Å²) < 4.78 is 54.1. The number of nitrogens with zero attached hydrogens (tertiary/aromatic N) is 2. The summed E-state index contributed by atoms with van der Waals surface area (Å²) in [6.07, 6.45) is 0.790. The van der Waals surface area contributed by atoms with Crippen molar-refractivity contribution in [3.05, 3.63) is 54.6 Å². The molecule has 1 heterocycles. The smallest absolute Gasteiger partial charge is 0.264 e. The summed E-state index contributed by atoms with van der Waals surface area (Å²) in [6.45, 7) is 2.37. The summed E-state index contributed by atoms with van der Waals surface area (Å²) in [5.41, 5.74) is 0.428. The SMILES string of the molecule is CC(O)CN(c1ccccc1)S(=O)(=O)c1ccc(S(=O)(=O)N2CCCC2)cc1. The molecular formula is C19H24N2O5S2. The first-order valence-electron chi connectivity index (χ1n) is 9.09. The molecule has 1 aliphatic heterocycles. The number of hydrogen-bond donors (Lipinski definition) is 1. The number of aliphatic hydroxyl groups excluding tert-OH is 1. The Morgan fingerprint density at radius 1 is 0.929 bits per heavy atom. The zero-order chi connectivity index (χ0) is 20.4. The average Bonchev–Trinajstić information content (AvgIpc) is 3.22. The number of anilines is 1. The molecule has 7 nitrogen and oxygen atoms in total. The van der Waals surface area contributed by atoms with Crippen molar-refractivity contribution in [2.24, 2.45) is 0 Å². The van der Waals surface area contributed by atoms with Crippen LogP contribution in [0, 0.1) is 0 Å². The molecule has 0 spiro atoms. The van der Waals surface area contributed by atoms with Gasteiger partial charge < -0.3 is 5.11 Å². The largest absolute Gasteiger partial charge is 0.392 e. The van der Waals surface area contributed by atoms with Gasteiger partial charge in [-0.3, -0.25) is 4.31 Å². The topological polar surface area (TPSA) is 95.0 Å². The molecule has 28 heavy (non-hydrogen) atoms. The van der Waals surface area contributed by atoms with Crippen LogP contribution in [0.15, 0.2) is 64.4 Å². The number of aliphatic hydroxyl groups is 1. The summed E-state index contributed by atoms with van der Waals surface area (Å²) in [5, 5.41) is 9.78. The maximum atomic E-state index is 13.1. The second-order valence-electron chi connectivity index (χ2n) is 6.80. The van der Waals surface area contributed by atoms with Crippen LogP contribution in [0.1, 0.15) is 19.8 Å². The lowest BCUT2D eigenvalue weighted by molar-refractivity contribution is 0.204. The number of benzene rings is 2. The number of hydrogen-bond acceptors (Lipinski definition) is 5. The van der Waals surface area contributed by atoms with Gasteiger partial charge in [0.25, 0.3) is 10.0 Å². The summed E-state index contributed by atoms with van der Waals surface area (Å²) >= 11 is 0. The highest BCUT2D eigenvalue weighted by atomic mass is 32.2. The van der Waals surface area contributed by atoms with Crippen molar-refractivity contribution in [3.8, 4) is 0 Å². The van der Waals surface area contributed by atoms with E-state index in [1.807, 2.05) is 0 Å². The fourth-order valence-electron chi connectivity index (χ4n) is 3.16. The Hall–Kier alpha value is -1.94. The summed E-state index contributed by atoms with van der Waals surface area (Å²) in [5.74, 6) is 0. The molecule has 0 radical (unpaired) electrons. The first-order chi connectivity index (χ1) is 13.2. The van der Waals surface area contributed by atoms with Gasteiger partial charge in [-0.2, -0.15) is 4.31 Å².